The van der Waals surface area contributed by atoms with E-state index in [1.807, 2.05) is 16.8 Å². The summed E-state index contributed by atoms with van der Waals surface area (Å²) in [7, 11) is -1.09. The molecular formula is C17H25N3O3S. The Morgan fingerprint density at radius 2 is 2.17 bits per heavy atom. The summed E-state index contributed by atoms with van der Waals surface area (Å²) in [6.45, 7) is 3.77. The van der Waals surface area contributed by atoms with Crippen molar-refractivity contribution in [2.24, 2.45) is 5.92 Å². The predicted octanol–water partition coefficient (Wildman–Crippen LogP) is 1.58. The number of rotatable bonds is 3. The molecule has 132 valence electrons. The monoisotopic (exact) mass is 351 g/mol. The smallest absolute Gasteiger partial charge is 0.254 e. The highest BCUT2D eigenvalue weighted by Gasteiger charge is 2.31. The fourth-order valence-corrected chi connectivity index (χ4v) is 5.34. The molecule has 1 aromatic heterocycles. The van der Waals surface area contributed by atoms with E-state index in [2.05, 4.69) is 11.9 Å². The van der Waals surface area contributed by atoms with Crippen molar-refractivity contribution in [1.29, 1.82) is 0 Å². The van der Waals surface area contributed by atoms with Crippen LogP contribution in [0.25, 0.3) is 0 Å². The van der Waals surface area contributed by atoms with E-state index in [4.69, 9.17) is 0 Å². The van der Waals surface area contributed by atoms with Gasteiger partial charge in [-0.15, -0.1) is 0 Å². The first-order valence-corrected chi connectivity index (χ1v) is 10.4. The van der Waals surface area contributed by atoms with Gasteiger partial charge in [0.25, 0.3) is 5.91 Å². The molecule has 0 aromatic carbocycles. The van der Waals surface area contributed by atoms with Crippen molar-refractivity contribution in [2.45, 2.75) is 32.2 Å². The van der Waals surface area contributed by atoms with Gasteiger partial charge in [-0.3, -0.25) is 4.79 Å². The van der Waals surface area contributed by atoms with Crippen LogP contribution in [0.2, 0.25) is 0 Å². The van der Waals surface area contributed by atoms with E-state index in [1.54, 1.807) is 18.3 Å². The lowest BCUT2D eigenvalue weighted by Crippen LogP contribution is -2.39. The molecule has 2 atom stereocenters. The standard InChI is InChI=1S/C17H25N3O3S/c1-13-4-3-8-20(11-13)17(21)14-5-7-18-16(10-14)19(2)15-6-9-24(22,23)12-15/h5,7,10,13,15H,3-4,6,8-9,11-12H2,1-2H3. The van der Waals surface area contributed by atoms with Crippen molar-refractivity contribution in [2.75, 3.05) is 36.5 Å². The van der Waals surface area contributed by atoms with Crippen LogP contribution in [0.3, 0.4) is 0 Å². The Balaban J connectivity index is 1.75. The molecule has 1 amide bonds. The Morgan fingerprint density at radius 1 is 1.38 bits per heavy atom. The summed E-state index contributed by atoms with van der Waals surface area (Å²) in [4.78, 5) is 20.9. The number of nitrogens with zero attached hydrogens (tertiary/aromatic N) is 3. The van der Waals surface area contributed by atoms with Crippen molar-refractivity contribution in [3.63, 3.8) is 0 Å². The fourth-order valence-electron chi connectivity index (χ4n) is 3.57. The molecule has 1 aromatic rings. The molecule has 24 heavy (non-hydrogen) atoms. The number of amides is 1. The van der Waals surface area contributed by atoms with Gasteiger partial charge >= 0.3 is 0 Å². The maximum atomic E-state index is 12.7. The van der Waals surface area contributed by atoms with Crippen LogP contribution in [0.1, 0.15) is 36.5 Å². The molecule has 2 aliphatic heterocycles. The van der Waals surface area contributed by atoms with Crippen LogP contribution >= 0.6 is 0 Å². The summed E-state index contributed by atoms with van der Waals surface area (Å²) in [6.07, 6.45) is 4.47. The third-order valence-electron chi connectivity index (χ3n) is 5.05. The number of carbonyl (C=O) groups is 1. The quantitative estimate of drug-likeness (QED) is 0.827. The van der Waals surface area contributed by atoms with Crippen molar-refractivity contribution in [3.05, 3.63) is 23.9 Å². The van der Waals surface area contributed by atoms with Gasteiger partial charge in [-0.25, -0.2) is 13.4 Å². The number of anilines is 1. The SMILES string of the molecule is CC1CCCN(C(=O)c2ccnc(N(C)C3CCS(=O)(=O)C3)c2)C1. The first-order valence-electron chi connectivity index (χ1n) is 8.54. The van der Waals surface area contributed by atoms with Gasteiger partial charge in [-0.2, -0.15) is 0 Å². The highest BCUT2D eigenvalue weighted by Crippen LogP contribution is 2.23. The molecule has 0 bridgehead atoms. The van der Waals surface area contributed by atoms with Crippen molar-refractivity contribution < 1.29 is 13.2 Å². The maximum absolute atomic E-state index is 12.7. The molecule has 0 radical (unpaired) electrons. The summed E-state index contributed by atoms with van der Waals surface area (Å²) in [5, 5.41) is 0. The van der Waals surface area contributed by atoms with Crippen LogP contribution in [-0.2, 0) is 9.84 Å². The van der Waals surface area contributed by atoms with E-state index in [9.17, 15) is 13.2 Å². The van der Waals surface area contributed by atoms with Crippen molar-refractivity contribution >= 4 is 21.6 Å². The van der Waals surface area contributed by atoms with E-state index in [0.29, 0.717) is 23.7 Å². The van der Waals surface area contributed by atoms with E-state index >= 15 is 0 Å². The minimum Gasteiger partial charge on any atom is -0.356 e. The number of piperidine rings is 1. The van der Waals surface area contributed by atoms with E-state index in [0.717, 1.165) is 19.5 Å². The summed E-state index contributed by atoms with van der Waals surface area (Å²) < 4.78 is 23.4. The first-order chi connectivity index (χ1) is 11.4. The van der Waals surface area contributed by atoms with E-state index in [-0.39, 0.29) is 23.5 Å². The van der Waals surface area contributed by atoms with Gasteiger partial charge < -0.3 is 9.80 Å². The van der Waals surface area contributed by atoms with Gasteiger partial charge in [0.2, 0.25) is 0 Å². The second kappa shape index (κ2) is 6.70. The van der Waals surface area contributed by atoms with Crippen LogP contribution < -0.4 is 4.90 Å². The lowest BCUT2D eigenvalue weighted by molar-refractivity contribution is 0.0683. The first kappa shape index (κ1) is 17.2. The lowest BCUT2D eigenvalue weighted by atomic mass is 9.99. The molecule has 7 heteroatoms. The fraction of sp³-hybridized carbons (Fsp3) is 0.647. The molecule has 3 rings (SSSR count). The highest BCUT2D eigenvalue weighted by molar-refractivity contribution is 7.91. The average Bonchev–Trinajstić information content (AvgIpc) is 2.93. The number of aromatic nitrogens is 1. The molecule has 2 saturated heterocycles. The number of hydrogen-bond donors (Lipinski definition) is 0. The Labute approximate surface area is 143 Å². The molecule has 2 unspecified atom stereocenters. The molecule has 2 fully saturated rings. The Hall–Kier alpha value is -1.63. The normalized spacial score (nSPS) is 26.3. The maximum Gasteiger partial charge on any atom is 0.254 e. The second-order valence-corrected chi connectivity index (χ2v) is 9.30. The minimum absolute atomic E-state index is 0.0395. The molecule has 0 saturated carbocycles. The Bertz CT molecular complexity index is 720. The van der Waals surface area contributed by atoms with Gasteiger partial charge in [0, 0.05) is 37.9 Å². The van der Waals surface area contributed by atoms with Crippen LogP contribution in [-0.4, -0.2) is 61.9 Å². The van der Waals surface area contributed by atoms with Gasteiger partial charge in [-0.05, 0) is 37.3 Å². The van der Waals surface area contributed by atoms with Crippen molar-refractivity contribution in [3.8, 4) is 0 Å². The summed E-state index contributed by atoms with van der Waals surface area (Å²) in [5.41, 5.74) is 0.627. The molecule has 0 N–H and O–H groups in total. The topological polar surface area (TPSA) is 70.6 Å². The predicted molar refractivity (Wildman–Crippen MR) is 94.0 cm³/mol. The van der Waals surface area contributed by atoms with Gasteiger partial charge in [0.05, 0.1) is 11.5 Å². The number of likely N-dealkylation sites (tertiary alicyclic amines) is 1. The van der Waals surface area contributed by atoms with Gasteiger partial charge in [0.15, 0.2) is 9.84 Å². The van der Waals surface area contributed by atoms with Crippen LogP contribution in [0.15, 0.2) is 18.3 Å². The van der Waals surface area contributed by atoms with E-state index in [1.165, 1.54) is 6.42 Å². The van der Waals surface area contributed by atoms with Crippen LogP contribution in [0.5, 0.6) is 0 Å². The van der Waals surface area contributed by atoms with E-state index < -0.39 is 9.84 Å². The number of carbonyl (C=O) groups excluding carboxylic acids is 1. The Kier molecular flexibility index (Phi) is 4.80. The van der Waals surface area contributed by atoms with Crippen LogP contribution in [0.4, 0.5) is 5.82 Å². The number of sulfone groups is 1. The number of hydrogen-bond acceptors (Lipinski definition) is 5. The summed E-state index contributed by atoms with van der Waals surface area (Å²) >= 11 is 0. The third-order valence-corrected chi connectivity index (χ3v) is 6.80. The Morgan fingerprint density at radius 3 is 2.83 bits per heavy atom. The van der Waals surface area contributed by atoms with Crippen molar-refractivity contribution in [1.82, 2.24) is 9.88 Å². The highest BCUT2D eigenvalue weighted by atomic mass is 32.2. The molecule has 2 aliphatic rings. The molecule has 6 nitrogen and oxygen atoms in total. The molecular weight excluding hydrogens is 326 g/mol. The van der Waals surface area contributed by atoms with Crippen LogP contribution in [0, 0.1) is 5.92 Å². The van der Waals surface area contributed by atoms with Gasteiger partial charge in [-0.1, -0.05) is 6.92 Å². The van der Waals surface area contributed by atoms with Gasteiger partial charge in [0.1, 0.15) is 5.82 Å². The average molecular weight is 351 g/mol. The second-order valence-electron chi connectivity index (χ2n) is 7.07. The zero-order valence-corrected chi connectivity index (χ0v) is 15.1. The largest absolute Gasteiger partial charge is 0.356 e. The zero-order chi connectivity index (χ0) is 17.3. The lowest BCUT2D eigenvalue weighted by Gasteiger charge is -2.31. The minimum atomic E-state index is -2.94. The third kappa shape index (κ3) is 3.71. The molecule has 3 heterocycles. The number of pyridine rings is 1. The summed E-state index contributed by atoms with van der Waals surface area (Å²) in [5.74, 6) is 1.63. The summed E-state index contributed by atoms with van der Waals surface area (Å²) in [6, 6.07) is 3.46. The zero-order valence-electron chi connectivity index (χ0n) is 14.3. The molecule has 0 aliphatic carbocycles. The molecule has 0 spiro atoms.